The first-order valence-corrected chi connectivity index (χ1v) is 5.32. The molecular weight excluding hydrogens is 306 g/mol. The second-order valence-electron chi connectivity index (χ2n) is 2.72. The Labute approximate surface area is 111 Å². The van der Waals surface area contributed by atoms with Crippen LogP contribution in [0.1, 0.15) is 5.56 Å². The first-order chi connectivity index (χ1) is 8.12. The molecule has 0 fully saturated rings. The Morgan fingerprint density at radius 1 is 1.29 bits per heavy atom. The second kappa shape index (κ2) is 5.86. The highest BCUT2D eigenvalue weighted by atomic mass is 79.9. The first-order valence-electron chi connectivity index (χ1n) is 4.15. The minimum absolute atomic E-state index is 0.250. The van der Waals surface area contributed by atoms with E-state index in [-0.39, 0.29) is 22.0 Å². The monoisotopic (exact) mass is 307 g/mol. The molecule has 0 radical (unpaired) electrons. The maximum Gasteiger partial charge on any atom is 0.237 e. The van der Waals surface area contributed by atoms with Crippen LogP contribution >= 0.6 is 27.5 Å². The van der Waals surface area contributed by atoms with Gasteiger partial charge in [-0.3, -0.25) is 5.43 Å². The van der Waals surface area contributed by atoms with Crippen molar-refractivity contribution in [2.45, 2.75) is 0 Å². The van der Waals surface area contributed by atoms with Gasteiger partial charge in [0.25, 0.3) is 0 Å². The zero-order valence-corrected chi connectivity index (χ0v) is 10.5. The van der Waals surface area contributed by atoms with Crippen molar-refractivity contribution in [2.24, 2.45) is 5.10 Å². The van der Waals surface area contributed by atoms with Crippen LogP contribution in [0.25, 0.3) is 0 Å². The number of nitriles is 3. The summed E-state index contributed by atoms with van der Waals surface area (Å²) in [5, 5.41) is 29.7. The van der Waals surface area contributed by atoms with Crippen LogP contribution in [-0.2, 0) is 0 Å². The molecule has 0 spiro atoms. The van der Waals surface area contributed by atoms with Crippen LogP contribution in [0.15, 0.2) is 21.7 Å². The van der Waals surface area contributed by atoms with E-state index in [1.54, 1.807) is 24.3 Å². The molecule has 5 nitrogen and oxygen atoms in total. The van der Waals surface area contributed by atoms with Crippen LogP contribution in [0.4, 0.5) is 5.69 Å². The van der Waals surface area contributed by atoms with E-state index in [1.807, 2.05) is 6.07 Å². The molecule has 0 saturated carbocycles. The molecule has 0 amide bonds. The van der Waals surface area contributed by atoms with E-state index in [1.165, 1.54) is 0 Å². The summed E-state index contributed by atoms with van der Waals surface area (Å²) in [4.78, 5) is 0. The minimum Gasteiger partial charge on any atom is -0.274 e. The fraction of sp³-hybridized carbons (Fsp3) is 0. The lowest BCUT2D eigenvalue weighted by molar-refractivity contribution is 1.32. The van der Waals surface area contributed by atoms with Crippen LogP contribution in [0.2, 0.25) is 5.02 Å². The van der Waals surface area contributed by atoms with Crippen LogP contribution in [-0.4, -0.2) is 5.71 Å². The smallest absolute Gasteiger partial charge is 0.237 e. The third-order valence-corrected chi connectivity index (χ3v) is 2.42. The molecule has 0 unspecified atom stereocenters. The fourth-order valence-corrected chi connectivity index (χ4v) is 1.81. The van der Waals surface area contributed by atoms with E-state index in [2.05, 4.69) is 26.5 Å². The van der Waals surface area contributed by atoms with Gasteiger partial charge in [0, 0.05) is 4.47 Å². The summed E-state index contributed by atoms with van der Waals surface area (Å²) in [5.41, 5.74) is 2.58. The molecule has 7 heteroatoms. The van der Waals surface area contributed by atoms with Crippen LogP contribution in [0, 0.1) is 34.0 Å². The lowest BCUT2D eigenvalue weighted by atomic mass is 10.2. The molecule has 1 rings (SSSR count). The summed E-state index contributed by atoms with van der Waals surface area (Å²) in [6.07, 6.45) is 0. The van der Waals surface area contributed by atoms with E-state index >= 15 is 0 Å². The molecule has 0 heterocycles. The molecule has 1 N–H and O–H groups in total. The average Bonchev–Trinajstić information content (AvgIpc) is 2.31. The Bertz CT molecular complexity index is 587. The van der Waals surface area contributed by atoms with Gasteiger partial charge < -0.3 is 0 Å². The molecule has 0 saturated heterocycles. The number of halogens is 2. The van der Waals surface area contributed by atoms with E-state index < -0.39 is 0 Å². The van der Waals surface area contributed by atoms with E-state index in [9.17, 15) is 0 Å². The van der Waals surface area contributed by atoms with E-state index in [4.69, 9.17) is 27.4 Å². The SMILES string of the molecule is N#CC(C#N)=NNc1c(Cl)cc(Br)cc1C#N. The highest BCUT2D eigenvalue weighted by molar-refractivity contribution is 9.10. The second-order valence-corrected chi connectivity index (χ2v) is 4.04. The zero-order chi connectivity index (χ0) is 12.8. The number of hydrogen-bond donors (Lipinski definition) is 1. The topological polar surface area (TPSA) is 95.8 Å². The third kappa shape index (κ3) is 3.19. The summed E-state index contributed by atoms with van der Waals surface area (Å²) in [6, 6.07) is 8.20. The number of hydrogen-bond acceptors (Lipinski definition) is 5. The van der Waals surface area contributed by atoms with Gasteiger partial charge in [0.05, 0.1) is 16.3 Å². The minimum atomic E-state index is -0.354. The molecule has 0 atom stereocenters. The Morgan fingerprint density at radius 2 is 1.94 bits per heavy atom. The number of benzene rings is 1. The fourth-order valence-electron chi connectivity index (χ4n) is 0.962. The lowest BCUT2D eigenvalue weighted by Gasteiger charge is -2.05. The molecule has 0 aromatic heterocycles. The van der Waals surface area contributed by atoms with Gasteiger partial charge in [-0.25, -0.2) is 0 Å². The number of nitrogens with one attached hydrogen (secondary N) is 1. The average molecular weight is 309 g/mol. The summed E-state index contributed by atoms with van der Waals surface area (Å²) >= 11 is 9.10. The molecule has 0 aliphatic carbocycles. The molecule has 1 aromatic rings. The van der Waals surface area contributed by atoms with Gasteiger partial charge in [0.15, 0.2) is 0 Å². The molecule has 17 heavy (non-hydrogen) atoms. The van der Waals surface area contributed by atoms with Gasteiger partial charge in [0.2, 0.25) is 5.71 Å². The normalized spacial score (nSPS) is 8.41. The Morgan fingerprint density at radius 3 is 2.47 bits per heavy atom. The predicted octanol–water partition coefficient (Wildman–Crippen LogP) is 2.79. The van der Waals surface area contributed by atoms with Crippen molar-refractivity contribution < 1.29 is 0 Å². The van der Waals surface area contributed by atoms with Crippen molar-refractivity contribution in [3.05, 3.63) is 27.2 Å². The van der Waals surface area contributed by atoms with Crippen LogP contribution < -0.4 is 5.43 Å². The molecular formula is C10H3BrClN5. The summed E-state index contributed by atoms with van der Waals surface area (Å²) in [7, 11) is 0. The van der Waals surface area contributed by atoms with Gasteiger partial charge in [0.1, 0.15) is 18.2 Å². The summed E-state index contributed by atoms with van der Waals surface area (Å²) in [5.74, 6) is 0. The van der Waals surface area contributed by atoms with E-state index in [0.717, 1.165) is 0 Å². The largest absolute Gasteiger partial charge is 0.274 e. The van der Waals surface area contributed by atoms with Crippen molar-refractivity contribution >= 4 is 38.9 Å². The molecule has 0 bridgehead atoms. The van der Waals surface area contributed by atoms with Crippen LogP contribution in [0.3, 0.4) is 0 Å². The maximum atomic E-state index is 8.90. The van der Waals surface area contributed by atoms with Crippen molar-refractivity contribution in [2.75, 3.05) is 5.43 Å². The zero-order valence-electron chi connectivity index (χ0n) is 8.20. The van der Waals surface area contributed by atoms with Crippen LogP contribution in [0.5, 0.6) is 0 Å². The van der Waals surface area contributed by atoms with Gasteiger partial charge >= 0.3 is 0 Å². The Balaban J connectivity index is 3.18. The predicted molar refractivity (Wildman–Crippen MR) is 66.2 cm³/mol. The van der Waals surface area contributed by atoms with Crippen molar-refractivity contribution in [1.29, 1.82) is 15.8 Å². The first kappa shape index (κ1) is 13.0. The third-order valence-electron chi connectivity index (χ3n) is 1.67. The molecule has 1 aromatic carbocycles. The van der Waals surface area contributed by atoms with Crippen molar-refractivity contribution in [3.8, 4) is 18.2 Å². The van der Waals surface area contributed by atoms with Gasteiger partial charge in [-0.2, -0.15) is 20.9 Å². The maximum absolute atomic E-state index is 8.90. The number of rotatable bonds is 2. The quantitative estimate of drug-likeness (QED) is 0.671. The standard InChI is InChI=1S/C10H3BrClN5/c11-7-1-6(3-13)10(9(12)2-7)17-16-8(4-14)5-15/h1-2,17H. The number of hydrazone groups is 1. The van der Waals surface area contributed by atoms with Gasteiger partial charge in [-0.15, -0.1) is 0 Å². The Kier molecular flexibility index (Phi) is 4.48. The number of anilines is 1. The molecule has 0 aliphatic rings. The van der Waals surface area contributed by atoms with E-state index in [0.29, 0.717) is 4.47 Å². The van der Waals surface area contributed by atoms with Gasteiger partial charge in [-0.05, 0) is 12.1 Å². The highest BCUT2D eigenvalue weighted by Gasteiger charge is 2.08. The van der Waals surface area contributed by atoms with Gasteiger partial charge in [-0.1, -0.05) is 27.5 Å². The number of nitrogens with zero attached hydrogens (tertiary/aromatic N) is 4. The summed E-state index contributed by atoms with van der Waals surface area (Å²) < 4.78 is 0.648. The molecule has 82 valence electrons. The summed E-state index contributed by atoms with van der Waals surface area (Å²) in [6.45, 7) is 0. The van der Waals surface area contributed by atoms with Crippen molar-refractivity contribution in [3.63, 3.8) is 0 Å². The lowest BCUT2D eigenvalue weighted by Crippen LogP contribution is -1.99. The van der Waals surface area contributed by atoms with Crippen molar-refractivity contribution in [1.82, 2.24) is 0 Å². The Hall–Kier alpha value is -2.07. The highest BCUT2D eigenvalue weighted by Crippen LogP contribution is 2.29. The molecule has 0 aliphatic heterocycles.